The van der Waals surface area contributed by atoms with E-state index in [0.29, 0.717) is 5.75 Å². The quantitative estimate of drug-likeness (QED) is 0.866. The molecule has 2 fully saturated rings. The SMILES string of the molecule is CCCC1SCC(C(=O)O)N1C(=O)C1(C)CCCCC1. The first kappa shape index (κ1) is 15.7. The number of carbonyl (C=O) groups is 2. The van der Waals surface area contributed by atoms with Crippen LogP contribution in [0.4, 0.5) is 0 Å². The van der Waals surface area contributed by atoms with Crippen molar-refractivity contribution in [2.24, 2.45) is 5.41 Å². The normalized spacial score (nSPS) is 29.4. The summed E-state index contributed by atoms with van der Waals surface area (Å²) in [6, 6.07) is -0.636. The van der Waals surface area contributed by atoms with Crippen molar-refractivity contribution in [2.45, 2.75) is 70.2 Å². The first-order chi connectivity index (χ1) is 9.49. The monoisotopic (exact) mass is 299 g/mol. The molecule has 0 bridgehead atoms. The molecule has 1 aliphatic carbocycles. The van der Waals surface area contributed by atoms with E-state index in [1.54, 1.807) is 16.7 Å². The van der Waals surface area contributed by atoms with Gasteiger partial charge >= 0.3 is 5.97 Å². The highest BCUT2D eigenvalue weighted by Gasteiger charge is 2.47. The van der Waals surface area contributed by atoms with Crippen molar-refractivity contribution in [1.82, 2.24) is 4.90 Å². The van der Waals surface area contributed by atoms with Gasteiger partial charge in [0.05, 0.1) is 5.37 Å². The summed E-state index contributed by atoms with van der Waals surface area (Å²) >= 11 is 1.63. The molecule has 4 nitrogen and oxygen atoms in total. The maximum atomic E-state index is 13.0. The Kier molecular flexibility index (Phi) is 4.99. The van der Waals surface area contributed by atoms with Crippen LogP contribution in [-0.4, -0.2) is 39.1 Å². The van der Waals surface area contributed by atoms with E-state index in [0.717, 1.165) is 38.5 Å². The van der Waals surface area contributed by atoms with E-state index >= 15 is 0 Å². The van der Waals surface area contributed by atoms with Crippen LogP contribution in [0.25, 0.3) is 0 Å². The van der Waals surface area contributed by atoms with Crippen LogP contribution >= 0.6 is 11.8 Å². The van der Waals surface area contributed by atoms with Gasteiger partial charge in [-0.3, -0.25) is 4.79 Å². The average molecular weight is 299 g/mol. The maximum Gasteiger partial charge on any atom is 0.327 e. The molecule has 1 amide bonds. The van der Waals surface area contributed by atoms with Gasteiger partial charge in [-0.05, 0) is 19.3 Å². The summed E-state index contributed by atoms with van der Waals surface area (Å²) in [6.45, 7) is 4.11. The van der Waals surface area contributed by atoms with Crippen molar-refractivity contribution >= 4 is 23.6 Å². The van der Waals surface area contributed by atoms with Gasteiger partial charge < -0.3 is 10.0 Å². The molecule has 20 heavy (non-hydrogen) atoms. The van der Waals surface area contributed by atoms with E-state index in [1.807, 2.05) is 6.92 Å². The lowest BCUT2D eigenvalue weighted by molar-refractivity contribution is -0.155. The molecule has 2 atom stereocenters. The highest BCUT2D eigenvalue weighted by Crippen LogP contribution is 2.42. The fourth-order valence-corrected chi connectivity index (χ4v) is 4.87. The van der Waals surface area contributed by atoms with Crippen molar-refractivity contribution in [2.75, 3.05) is 5.75 Å². The largest absolute Gasteiger partial charge is 0.480 e. The second-order valence-corrected chi connectivity index (χ2v) is 7.48. The topological polar surface area (TPSA) is 57.6 Å². The zero-order valence-corrected chi connectivity index (χ0v) is 13.2. The minimum Gasteiger partial charge on any atom is -0.480 e. The number of carbonyl (C=O) groups excluding carboxylic acids is 1. The summed E-state index contributed by atoms with van der Waals surface area (Å²) in [5.74, 6) is -0.251. The van der Waals surface area contributed by atoms with Crippen LogP contribution < -0.4 is 0 Å². The van der Waals surface area contributed by atoms with Gasteiger partial charge in [0, 0.05) is 11.2 Å². The number of hydrogen-bond acceptors (Lipinski definition) is 3. The zero-order chi connectivity index (χ0) is 14.8. The Hall–Kier alpha value is -0.710. The van der Waals surface area contributed by atoms with Gasteiger partial charge in [-0.15, -0.1) is 11.8 Å². The Morgan fingerprint density at radius 1 is 1.30 bits per heavy atom. The standard InChI is InChI=1S/C15H25NO3S/c1-3-7-12-16(11(10-20-12)13(17)18)14(19)15(2)8-5-4-6-9-15/h11-12H,3-10H2,1-2H3,(H,17,18). The molecule has 0 aromatic carbocycles. The molecular weight excluding hydrogens is 274 g/mol. The first-order valence-corrected chi connectivity index (χ1v) is 8.71. The molecule has 1 saturated carbocycles. The Balaban J connectivity index is 2.19. The molecule has 1 aliphatic heterocycles. The van der Waals surface area contributed by atoms with E-state index in [9.17, 15) is 14.7 Å². The van der Waals surface area contributed by atoms with E-state index in [-0.39, 0.29) is 16.7 Å². The van der Waals surface area contributed by atoms with Gasteiger partial charge in [0.1, 0.15) is 6.04 Å². The van der Waals surface area contributed by atoms with E-state index in [4.69, 9.17) is 0 Å². The van der Waals surface area contributed by atoms with Gasteiger partial charge in [0.25, 0.3) is 0 Å². The summed E-state index contributed by atoms with van der Waals surface area (Å²) in [5.41, 5.74) is -0.344. The van der Waals surface area contributed by atoms with E-state index in [1.165, 1.54) is 6.42 Å². The highest BCUT2D eigenvalue weighted by molar-refractivity contribution is 8.00. The second-order valence-electron chi connectivity index (χ2n) is 6.26. The highest BCUT2D eigenvalue weighted by atomic mass is 32.2. The number of rotatable bonds is 4. The molecule has 1 saturated heterocycles. The maximum absolute atomic E-state index is 13.0. The third kappa shape index (κ3) is 2.97. The van der Waals surface area contributed by atoms with Gasteiger partial charge in [0.15, 0.2) is 0 Å². The van der Waals surface area contributed by atoms with Crippen molar-refractivity contribution in [3.05, 3.63) is 0 Å². The van der Waals surface area contributed by atoms with Crippen LogP contribution in [0.1, 0.15) is 58.8 Å². The molecule has 0 spiro atoms. The Bertz CT molecular complexity index is 379. The van der Waals surface area contributed by atoms with Crippen molar-refractivity contribution in [3.8, 4) is 0 Å². The fourth-order valence-electron chi connectivity index (χ4n) is 3.35. The van der Waals surface area contributed by atoms with Gasteiger partial charge in [0.2, 0.25) is 5.91 Å². The fraction of sp³-hybridized carbons (Fsp3) is 0.867. The smallest absolute Gasteiger partial charge is 0.327 e. The second kappa shape index (κ2) is 6.37. The number of hydrogen-bond donors (Lipinski definition) is 1. The van der Waals surface area contributed by atoms with Crippen LogP contribution in [0.2, 0.25) is 0 Å². The molecule has 0 aromatic heterocycles. The van der Waals surface area contributed by atoms with E-state index < -0.39 is 12.0 Å². The third-order valence-corrected chi connectivity index (χ3v) is 5.98. The summed E-state index contributed by atoms with van der Waals surface area (Å²) in [7, 11) is 0. The molecule has 2 unspecified atom stereocenters. The Morgan fingerprint density at radius 3 is 2.50 bits per heavy atom. The Morgan fingerprint density at radius 2 is 1.95 bits per heavy atom. The molecular formula is C15H25NO3S. The van der Waals surface area contributed by atoms with E-state index in [2.05, 4.69) is 6.92 Å². The molecule has 2 aliphatic rings. The molecule has 114 valence electrons. The molecule has 1 N–H and O–H groups in total. The Labute approximate surface area is 125 Å². The predicted molar refractivity (Wildman–Crippen MR) is 80.6 cm³/mol. The van der Waals surface area contributed by atoms with Crippen molar-refractivity contribution < 1.29 is 14.7 Å². The van der Waals surface area contributed by atoms with Crippen LogP contribution in [0, 0.1) is 5.41 Å². The number of thioether (sulfide) groups is 1. The van der Waals surface area contributed by atoms with Crippen molar-refractivity contribution in [1.29, 1.82) is 0 Å². The summed E-state index contributed by atoms with van der Waals surface area (Å²) < 4.78 is 0. The minimum absolute atomic E-state index is 0.0485. The number of carboxylic acid groups (broad SMARTS) is 1. The lowest BCUT2D eigenvalue weighted by Gasteiger charge is -2.39. The zero-order valence-electron chi connectivity index (χ0n) is 12.4. The molecule has 5 heteroatoms. The third-order valence-electron chi connectivity index (χ3n) is 4.62. The lowest BCUT2D eigenvalue weighted by atomic mass is 9.74. The number of aliphatic carboxylic acids is 1. The number of amides is 1. The summed E-state index contributed by atoms with van der Waals surface area (Å²) in [6.07, 6.45) is 7.02. The molecule has 0 radical (unpaired) electrons. The van der Waals surface area contributed by atoms with Gasteiger partial charge in [-0.1, -0.05) is 39.5 Å². The van der Waals surface area contributed by atoms with Crippen LogP contribution in [-0.2, 0) is 9.59 Å². The van der Waals surface area contributed by atoms with Crippen LogP contribution in [0.15, 0.2) is 0 Å². The first-order valence-electron chi connectivity index (χ1n) is 7.67. The minimum atomic E-state index is -0.858. The number of nitrogens with zero attached hydrogens (tertiary/aromatic N) is 1. The number of carboxylic acids is 1. The molecule has 1 heterocycles. The van der Waals surface area contributed by atoms with Crippen molar-refractivity contribution in [3.63, 3.8) is 0 Å². The summed E-state index contributed by atoms with van der Waals surface area (Å²) in [5, 5.41) is 9.44. The van der Waals surface area contributed by atoms with Crippen LogP contribution in [0.5, 0.6) is 0 Å². The van der Waals surface area contributed by atoms with Gasteiger partial charge in [-0.2, -0.15) is 0 Å². The lowest BCUT2D eigenvalue weighted by Crippen LogP contribution is -2.51. The molecule has 0 aromatic rings. The average Bonchev–Trinajstić information content (AvgIpc) is 2.83. The predicted octanol–water partition coefficient (Wildman–Crippen LogP) is 3.11. The van der Waals surface area contributed by atoms with Gasteiger partial charge in [-0.25, -0.2) is 4.79 Å². The van der Waals surface area contributed by atoms with Crippen LogP contribution in [0.3, 0.4) is 0 Å². The molecule has 2 rings (SSSR count). The summed E-state index contributed by atoms with van der Waals surface area (Å²) in [4.78, 5) is 26.1.